The summed E-state index contributed by atoms with van der Waals surface area (Å²) in [6, 6.07) is 2.44. The smallest absolute Gasteiger partial charge is 0.0655 e. The summed E-state index contributed by atoms with van der Waals surface area (Å²) in [4.78, 5) is 0. The molecule has 2 atom stereocenters. The van der Waals surface area contributed by atoms with E-state index >= 15 is 0 Å². The van der Waals surface area contributed by atoms with E-state index in [0.717, 1.165) is 24.7 Å². The van der Waals surface area contributed by atoms with E-state index in [1.54, 1.807) is 0 Å². The molecule has 1 heteroatoms. The van der Waals surface area contributed by atoms with E-state index in [4.69, 9.17) is 5.26 Å². The van der Waals surface area contributed by atoms with Gasteiger partial charge in [-0.3, -0.25) is 0 Å². The van der Waals surface area contributed by atoms with Crippen molar-refractivity contribution in [1.29, 1.82) is 5.26 Å². The van der Waals surface area contributed by atoms with Gasteiger partial charge in [0.15, 0.2) is 0 Å². The first kappa shape index (κ1) is 11.6. The molecule has 0 N–H and O–H groups in total. The Morgan fingerprint density at radius 1 is 1.00 bits per heavy atom. The number of rotatable bonds is 1. The van der Waals surface area contributed by atoms with Gasteiger partial charge in [0.1, 0.15) is 0 Å². The molecule has 0 bridgehead atoms. The summed E-state index contributed by atoms with van der Waals surface area (Å²) in [5, 5.41) is 8.92. The van der Waals surface area contributed by atoms with Gasteiger partial charge in [0, 0.05) is 5.92 Å². The van der Waals surface area contributed by atoms with Gasteiger partial charge in [0.05, 0.1) is 6.07 Å². The molecule has 0 aliphatic heterocycles. The quantitative estimate of drug-likeness (QED) is 0.614. The Morgan fingerprint density at radius 3 is 2.21 bits per heavy atom. The summed E-state index contributed by atoms with van der Waals surface area (Å²) in [6.07, 6.45) is 8.87. The highest BCUT2D eigenvalue weighted by atomic mass is 14.3. The Balaban J connectivity index is 2.40. The molecule has 1 rings (SSSR count). The molecule has 1 fully saturated rings. The Labute approximate surface area is 88.5 Å². The number of hydrogen-bond donors (Lipinski definition) is 0. The predicted molar refractivity (Wildman–Crippen MR) is 59.8 cm³/mol. The molecule has 0 aromatic rings. The summed E-state index contributed by atoms with van der Waals surface area (Å²) in [5.41, 5.74) is 0. The summed E-state index contributed by atoms with van der Waals surface area (Å²) in [6.45, 7) is 4.68. The van der Waals surface area contributed by atoms with Gasteiger partial charge in [-0.05, 0) is 24.7 Å². The fourth-order valence-electron chi connectivity index (χ4n) is 2.51. The second-order valence-electron chi connectivity index (χ2n) is 5.05. The van der Waals surface area contributed by atoms with Gasteiger partial charge in [-0.15, -0.1) is 0 Å². The second kappa shape index (κ2) is 6.06. The van der Waals surface area contributed by atoms with Crippen LogP contribution in [-0.2, 0) is 0 Å². The van der Waals surface area contributed by atoms with Crippen LogP contribution in [0.5, 0.6) is 0 Å². The van der Waals surface area contributed by atoms with Crippen LogP contribution in [0.3, 0.4) is 0 Å². The van der Waals surface area contributed by atoms with Crippen LogP contribution in [0.4, 0.5) is 0 Å². The predicted octanol–water partition coefficient (Wildman–Crippen LogP) is 4.14. The van der Waals surface area contributed by atoms with Crippen molar-refractivity contribution in [3.63, 3.8) is 0 Å². The molecule has 0 heterocycles. The molecule has 0 saturated heterocycles. The van der Waals surface area contributed by atoms with E-state index in [9.17, 15) is 0 Å². The van der Waals surface area contributed by atoms with Crippen LogP contribution in [0.1, 0.15) is 58.8 Å². The maximum Gasteiger partial charge on any atom is 0.0655 e. The Morgan fingerprint density at radius 2 is 1.57 bits per heavy atom. The van der Waals surface area contributed by atoms with Gasteiger partial charge >= 0.3 is 0 Å². The van der Waals surface area contributed by atoms with Crippen molar-refractivity contribution in [2.75, 3.05) is 0 Å². The summed E-state index contributed by atoms with van der Waals surface area (Å²) >= 11 is 0. The molecule has 0 aromatic carbocycles. The van der Waals surface area contributed by atoms with Gasteiger partial charge in [0.25, 0.3) is 0 Å². The molecule has 0 spiro atoms. The Bertz CT molecular complexity index is 190. The van der Waals surface area contributed by atoms with Crippen molar-refractivity contribution < 1.29 is 0 Å². The van der Waals surface area contributed by atoms with Crippen LogP contribution in [0.15, 0.2) is 0 Å². The molecular formula is C13H23N. The third-order valence-corrected chi connectivity index (χ3v) is 3.63. The molecule has 0 amide bonds. The van der Waals surface area contributed by atoms with E-state index in [2.05, 4.69) is 19.9 Å². The summed E-state index contributed by atoms with van der Waals surface area (Å²) in [7, 11) is 0. The van der Waals surface area contributed by atoms with Crippen LogP contribution in [0, 0.1) is 29.1 Å². The molecule has 80 valence electrons. The van der Waals surface area contributed by atoms with Crippen molar-refractivity contribution in [3.8, 4) is 6.07 Å². The lowest BCUT2D eigenvalue weighted by molar-refractivity contribution is 0.323. The first-order valence-corrected chi connectivity index (χ1v) is 6.13. The van der Waals surface area contributed by atoms with Crippen LogP contribution >= 0.6 is 0 Å². The van der Waals surface area contributed by atoms with Crippen LogP contribution in [-0.4, -0.2) is 0 Å². The van der Waals surface area contributed by atoms with Crippen LogP contribution < -0.4 is 0 Å². The Hall–Kier alpha value is -0.510. The van der Waals surface area contributed by atoms with E-state index < -0.39 is 0 Å². The van der Waals surface area contributed by atoms with Crippen molar-refractivity contribution in [3.05, 3.63) is 0 Å². The zero-order valence-corrected chi connectivity index (χ0v) is 9.63. The van der Waals surface area contributed by atoms with Gasteiger partial charge in [-0.2, -0.15) is 5.26 Å². The maximum atomic E-state index is 8.92. The van der Waals surface area contributed by atoms with Gasteiger partial charge in [0.2, 0.25) is 0 Å². The van der Waals surface area contributed by atoms with Crippen molar-refractivity contribution >= 4 is 0 Å². The topological polar surface area (TPSA) is 23.8 Å². The highest BCUT2D eigenvalue weighted by Crippen LogP contribution is 2.29. The lowest BCUT2D eigenvalue weighted by atomic mass is 9.87. The van der Waals surface area contributed by atoms with Crippen molar-refractivity contribution in [2.45, 2.75) is 58.8 Å². The van der Waals surface area contributed by atoms with Crippen molar-refractivity contribution in [1.82, 2.24) is 0 Å². The lowest BCUT2D eigenvalue weighted by Gasteiger charge is -2.19. The standard InChI is InChI=1S/C13H23N/c1-11(2)13-8-4-3-6-12(10-14)7-5-9-13/h11-13H,3-9H2,1-2H3. The Kier molecular flexibility index (Phi) is 5.01. The number of nitrogens with zero attached hydrogens (tertiary/aromatic N) is 1. The van der Waals surface area contributed by atoms with Gasteiger partial charge < -0.3 is 0 Å². The molecule has 1 aliphatic rings. The fraction of sp³-hybridized carbons (Fsp3) is 0.923. The molecule has 1 nitrogen and oxygen atoms in total. The van der Waals surface area contributed by atoms with E-state index in [-0.39, 0.29) is 0 Å². The zero-order valence-electron chi connectivity index (χ0n) is 9.63. The molecule has 1 aliphatic carbocycles. The second-order valence-corrected chi connectivity index (χ2v) is 5.05. The SMILES string of the molecule is CC(C)C1CCCCC(C#N)CCC1. The van der Waals surface area contributed by atoms with Crippen LogP contribution in [0.2, 0.25) is 0 Å². The number of nitriles is 1. The van der Waals surface area contributed by atoms with E-state index in [0.29, 0.717) is 5.92 Å². The fourth-order valence-corrected chi connectivity index (χ4v) is 2.51. The monoisotopic (exact) mass is 193 g/mol. The first-order valence-electron chi connectivity index (χ1n) is 6.13. The molecular weight excluding hydrogens is 170 g/mol. The maximum absolute atomic E-state index is 8.92. The van der Waals surface area contributed by atoms with Crippen LogP contribution in [0.25, 0.3) is 0 Å². The van der Waals surface area contributed by atoms with Gasteiger partial charge in [-0.1, -0.05) is 46.0 Å². The minimum atomic E-state index is 0.348. The van der Waals surface area contributed by atoms with Gasteiger partial charge in [-0.25, -0.2) is 0 Å². The average Bonchev–Trinajstić information content (AvgIpc) is 2.28. The molecule has 0 aromatic heterocycles. The molecule has 1 saturated carbocycles. The number of hydrogen-bond acceptors (Lipinski definition) is 1. The highest BCUT2D eigenvalue weighted by Gasteiger charge is 2.17. The first-order chi connectivity index (χ1) is 6.74. The molecule has 2 unspecified atom stereocenters. The largest absolute Gasteiger partial charge is 0.198 e. The lowest BCUT2D eigenvalue weighted by Crippen LogP contribution is -2.08. The highest BCUT2D eigenvalue weighted by molar-refractivity contribution is 4.83. The molecule has 14 heavy (non-hydrogen) atoms. The van der Waals surface area contributed by atoms with Crippen molar-refractivity contribution in [2.24, 2.45) is 17.8 Å². The minimum absolute atomic E-state index is 0.348. The third-order valence-electron chi connectivity index (χ3n) is 3.63. The minimum Gasteiger partial charge on any atom is -0.198 e. The normalized spacial score (nSPS) is 30.1. The summed E-state index contributed by atoms with van der Waals surface area (Å²) in [5.74, 6) is 2.09. The summed E-state index contributed by atoms with van der Waals surface area (Å²) < 4.78 is 0. The zero-order chi connectivity index (χ0) is 10.4. The van der Waals surface area contributed by atoms with E-state index in [1.165, 1.54) is 32.1 Å². The average molecular weight is 193 g/mol. The third kappa shape index (κ3) is 3.70. The van der Waals surface area contributed by atoms with E-state index in [1.807, 2.05) is 0 Å². The molecule has 0 radical (unpaired) electrons.